The Morgan fingerprint density at radius 2 is 1.45 bits per heavy atom. The van der Waals surface area contributed by atoms with Crippen LogP contribution in [0.4, 0.5) is 5.69 Å². The Morgan fingerprint density at radius 1 is 0.833 bits per heavy atom. The van der Waals surface area contributed by atoms with Crippen molar-refractivity contribution in [1.29, 1.82) is 0 Å². The van der Waals surface area contributed by atoms with Crippen LogP contribution in [0.3, 0.4) is 0 Å². The summed E-state index contributed by atoms with van der Waals surface area (Å²) in [5, 5.41) is 2.70. The van der Waals surface area contributed by atoms with Crippen molar-refractivity contribution >= 4 is 43.5 Å². The number of nitrogens with one attached hydrogen (secondary N) is 1. The molecule has 0 bridgehead atoms. The first-order valence-corrected chi connectivity index (χ1v) is 15.8. The molecule has 218 valence electrons. The van der Waals surface area contributed by atoms with E-state index in [4.69, 9.17) is 0 Å². The van der Waals surface area contributed by atoms with Crippen LogP contribution in [0.1, 0.15) is 22.3 Å². The maximum absolute atomic E-state index is 14.3. The number of nitrogens with zero attached hydrogens (tertiary/aromatic N) is 2. The van der Waals surface area contributed by atoms with Crippen LogP contribution >= 0.6 is 15.9 Å². The Bertz CT molecular complexity index is 1630. The molecular weight excluding hydrogens is 614 g/mol. The topological polar surface area (TPSA) is 86.8 Å². The minimum Gasteiger partial charge on any atom is -0.357 e. The summed E-state index contributed by atoms with van der Waals surface area (Å²) in [5.74, 6) is -0.838. The van der Waals surface area contributed by atoms with Crippen molar-refractivity contribution in [2.24, 2.45) is 0 Å². The van der Waals surface area contributed by atoms with E-state index in [0.29, 0.717) is 11.3 Å². The van der Waals surface area contributed by atoms with Gasteiger partial charge in [-0.25, -0.2) is 8.42 Å². The molecule has 0 aliphatic carbocycles. The zero-order valence-electron chi connectivity index (χ0n) is 23.8. The summed E-state index contributed by atoms with van der Waals surface area (Å²) in [7, 11) is -2.60. The predicted molar refractivity (Wildman–Crippen MR) is 170 cm³/mol. The number of anilines is 1. The van der Waals surface area contributed by atoms with Gasteiger partial charge in [-0.3, -0.25) is 13.9 Å². The molecule has 4 aromatic carbocycles. The van der Waals surface area contributed by atoms with E-state index in [9.17, 15) is 18.0 Å². The fraction of sp³-hybridized carbons (Fsp3) is 0.212. The molecule has 9 heteroatoms. The third kappa shape index (κ3) is 7.46. The maximum atomic E-state index is 14.3. The third-order valence-corrected chi connectivity index (χ3v) is 9.32. The first-order valence-electron chi connectivity index (χ1n) is 13.5. The summed E-state index contributed by atoms with van der Waals surface area (Å²) in [6.07, 6.45) is 0.262. The summed E-state index contributed by atoms with van der Waals surface area (Å²) >= 11 is 3.44. The number of likely N-dealkylation sites (N-methyl/N-ethyl adjacent to an activating group) is 1. The molecule has 0 saturated heterocycles. The van der Waals surface area contributed by atoms with Crippen molar-refractivity contribution in [1.82, 2.24) is 10.2 Å². The number of halogens is 1. The van der Waals surface area contributed by atoms with Crippen molar-refractivity contribution in [2.75, 3.05) is 17.9 Å². The van der Waals surface area contributed by atoms with Crippen LogP contribution in [-0.4, -0.2) is 44.8 Å². The van der Waals surface area contributed by atoms with Gasteiger partial charge in [0.25, 0.3) is 10.0 Å². The highest BCUT2D eigenvalue weighted by Gasteiger charge is 2.34. The summed E-state index contributed by atoms with van der Waals surface area (Å²) in [4.78, 5) is 29.2. The minimum atomic E-state index is -4.13. The summed E-state index contributed by atoms with van der Waals surface area (Å²) < 4.78 is 30.1. The first-order chi connectivity index (χ1) is 20.1. The normalized spacial score (nSPS) is 11.9. The fourth-order valence-corrected chi connectivity index (χ4v) is 6.59. The summed E-state index contributed by atoms with van der Waals surface area (Å²) in [6.45, 7) is 3.38. The van der Waals surface area contributed by atoms with E-state index in [1.807, 2.05) is 80.6 Å². The molecule has 1 atom stereocenters. The first kappa shape index (κ1) is 31.0. The lowest BCUT2D eigenvalue weighted by molar-refractivity contribution is -0.139. The molecular formula is C33H34BrN3O4S. The highest BCUT2D eigenvalue weighted by Crippen LogP contribution is 2.28. The largest absolute Gasteiger partial charge is 0.357 e. The van der Waals surface area contributed by atoms with Crippen LogP contribution in [0.2, 0.25) is 0 Å². The van der Waals surface area contributed by atoms with Gasteiger partial charge in [0, 0.05) is 24.5 Å². The van der Waals surface area contributed by atoms with Gasteiger partial charge in [-0.2, -0.15) is 0 Å². The standard InChI is InChI=1S/C33H34BrN3O4S/c1-24-14-19-30(25(2)20-24)37(42(40,41)29-12-8-5-9-13-29)23-32(38)36(22-27-15-17-28(34)18-16-27)31(33(39)35-3)21-26-10-6-4-7-11-26/h4-20,31H,21-23H2,1-3H3,(H,35,39)/t31-/m1/s1. The van der Waals surface area contributed by atoms with Crippen LogP contribution in [0, 0.1) is 13.8 Å². The van der Waals surface area contributed by atoms with Gasteiger partial charge in [-0.1, -0.05) is 94.3 Å². The number of carbonyl (C=O) groups is 2. The highest BCUT2D eigenvalue weighted by molar-refractivity contribution is 9.10. The quantitative estimate of drug-likeness (QED) is 0.228. The van der Waals surface area contributed by atoms with Crippen molar-refractivity contribution in [2.45, 2.75) is 37.8 Å². The van der Waals surface area contributed by atoms with Crippen molar-refractivity contribution in [3.05, 3.63) is 130 Å². The molecule has 0 spiro atoms. The van der Waals surface area contributed by atoms with Crippen LogP contribution < -0.4 is 9.62 Å². The second-order valence-electron chi connectivity index (χ2n) is 10.1. The third-order valence-electron chi connectivity index (χ3n) is 7.01. The van der Waals surface area contributed by atoms with E-state index in [-0.39, 0.29) is 23.8 Å². The number of carbonyl (C=O) groups excluding carboxylic acids is 2. The molecule has 4 rings (SSSR count). The summed E-state index contributed by atoms with van der Waals surface area (Å²) in [5.41, 5.74) is 3.77. The Balaban J connectivity index is 1.80. The lowest BCUT2D eigenvalue weighted by atomic mass is 10.0. The van der Waals surface area contributed by atoms with Crippen molar-refractivity contribution < 1.29 is 18.0 Å². The lowest BCUT2D eigenvalue weighted by Gasteiger charge is -2.34. The molecule has 0 aliphatic heterocycles. The predicted octanol–water partition coefficient (Wildman–Crippen LogP) is 5.65. The van der Waals surface area contributed by atoms with Crippen molar-refractivity contribution in [3.63, 3.8) is 0 Å². The number of hydrogen-bond acceptors (Lipinski definition) is 4. The second-order valence-corrected chi connectivity index (χ2v) is 12.9. The molecule has 0 unspecified atom stereocenters. The molecule has 0 saturated carbocycles. The van der Waals surface area contributed by atoms with Crippen LogP contribution in [0.15, 0.2) is 112 Å². The number of hydrogen-bond donors (Lipinski definition) is 1. The van der Waals surface area contributed by atoms with Gasteiger partial charge >= 0.3 is 0 Å². The Hall–Kier alpha value is -3.95. The average molecular weight is 649 g/mol. The smallest absolute Gasteiger partial charge is 0.264 e. The Morgan fingerprint density at radius 3 is 2.05 bits per heavy atom. The zero-order valence-corrected chi connectivity index (χ0v) is 26.2. The van der Waals surface area contributed by atoms with E-state index >= 15 is 0 Å². The molecule has 1 N–H and O–H groups in total. The number of amides is 2. The molecule has 0 aliphatic rings. The fourth-order valence-electron chi connectivity index (χ4n) is 4.83. The van der Waals surface area contributed by atoms with E-state index in [1.54, 1.807) is 24.3 Å². The van der Waals surface area contributed by atoms with Crippen molar-refractivity contribution in [3.8, 4) is 0 Å². The zero-order chi connectivity index (χ0) is 30.3. The maximum Gasteiger partial charge on any atom is 0.264 e. The van der Waals surface area contributed by atoms with Crippen LogP contribution in [-0.2, 0) is 32.6 Å². The van der Waals surface area contributed by atoms with E-state index in [1.165, 1.54) is 24.1 Å². The van der Waals surface area contributed by atoms with Gasteiger partial charge in [-0.05, 0) is 60.9 Å². The van der Waals surface area contributed by atoms with Gasteiger partial charge in [0.15, 0.2) is 0 Å². The SMILES string of the molecule is CNC(=O)[C@@H](Cc1ccccc1)N(Cc1ccc(Br)cc1)C(=O)CN(c1ccc(C)cc1C)S(=O)(=O)c1ccccc1. The molecule has 0 radical (unpaired) electrons. The lowest BCUT2D eigenvalue weighted by Crippen LogP contribution is -2.53. The molecule has 0 heterocycles. The van der Waals surface area contributed by atoms with E-state index in [2.05, 4.69) is 21.2 Å². The highest BCUT2D eigenvalue weighted by atomic mass is 79.9. The van der Waals surface area contributed by atoms with Gasteiger partial charge in [0.05, 0.1) is 10.6 Å². The Kier molecular flexibility index (Phi) is 10.2. The second kappa shape index (κ2) is 13.8. The van der Waals surface area contributed by atoms with E-state index in [0.717, 1.165) is 25.5 Å². The molecule has 7 nitrogen and oxygen atoms in total. The van der Waals surface area contributed by atoms with Gasteiger partial charge in [-0.15, -0.1) is 0 Å². The van der Waals surface area contributed by atoms with Gasteiger partial charge < -0.3 is 10.2 Å². The van der Waals surface area contributed by atoms with Crippen LogP contribution in [0.5, 0.6) is 0 Å². The monoisotopic (exact) mass is 647 g/mol. The number of sulfonamides is 1. The van der Waals surface area contributed by atoms with E-state index < -0.39 is 28.5 Å². The Labute approximate surface area is 256 Å². The molecule has 0 fully saturated rings. The summed E-state index contributed by atoms with van der Waals surface area (Å²) in [6, 6.07) is 29.5. The van der Waals surface area contributed by atoms with Crippen LogP contribution in [0.25, 0.3) is 0 Å². The number of rotatable bonds is 11. The molecule has 0 aromatic heterocycles. The molecule has 2 amide bonds. The minimum absolute atomic E-state index is 0.0735. The van der Waals surface area contributed by atoms with Gasteiger partial charge in [0.1, 0.15) is 12.6 Å². The number of benzene rings is 4. The average Bonchev–Trinajstić information content (AvgIpc) is 2.99. The molecule has 4 aromatic rings. The molecule has 42 heavy (non-hydrogen) atoms. The van der Waals surface area contributed by atoms with Gasteiger partial charge in [0.2, 0.25) is 11.8 Å². The number of aryl methyl sites for hydroxylation is 2.